The van der Waals surface area contributed by atoms with Gasteiger partial charge in [0, 0.05) is 37.0 Å². The van der Waals surface area contributed by atoms with E-state index in [0.717, 1.165) is 42.6 Å². The Labute approximate surface area is 179 Å². The van der Waals surface area contributed by atoms with Crippen LogP contribution in [0.15, 0.2) is 66.9 Å². The van der Waals surface area contributed by atoms with Crippen LogP contribution >= 0.6 is 0 Å². The van der Waals surface area contributed by atoms with E-state index in [1.54, 1.807) is 6.20 Å². The molecule has 4 nitrogen and oxygen atoms in total. The molecule has 1 aliphatic carbocycles. The van der Waals surface area contributed by atoms with Gasteiger partial charge in [0.05, 0.1) is 5.69 Å². The predicted octanol–water partition coefficient (Wildman–Crippen LogP) is 4.44. The van der Waals surface area contributed by atoms with Crippen molar-refractivity contribution in [2.24, 2.45) is 0 Å². The third-order valence-corrected chi connectivity index (χ3v) is 5.93. The first-order valence-corrected chi connectivity index (χ1v) is 10.6. The van der Waals surface area contributed by atoms with E-state index in [9.17, 15) is 4.79 Å². The van der Waals surface area contributed by atoms with E-state index >= 15 is 0 Å². The van der Waals surface area contributed by atoms with E-state index < -0.39 is 0 Å². The number of aromatic nitrogens is 1. The van der Waals surface area contributed by atoms with Gasteiger partial charge in [0.1, 0.15) is 0 Å². The van der Waals surface area contributed by atoms with Crippen molar-refractivity contribution in [3.63, 3.8) is 0 Å². The number of benzene rings is 2. The molecule has 30 heavy (non-hydrogen) atoms. The van der Waals surface area contributed by atoms with Gasteiger partial charge in [0.2, 0.25) is 0 Å². The van der Waals surface area contributed by atoms with E-state index in [2.05, 4.69) is 42.2 Å². The molecule has 4 rings (SSSR count). The Morgan fingerprint density at radius 2 is 1.80 bits per heavy atom. The Morgan fingerprint density at radius 1 is 1.00 bits per heavy atom. The van der Waals surface area contributed by atoms with E-state index in [1.165, 1.54) is 16.7 Å². The van der Waals surface area contributed by atoms with Crippen molar-refractivity contribution >= 4 is 5.91 Å². The maximum Gasteiger partial charge on any atom is 0.253 e. The van der Waals surface area contributed by atoms with Gasteiger partial charge < -0.3 is 9.80 Å². The van der Waals surface area contributed by atoms with Crippen LogP contribution in [-0.2, 0) is 19.4 Å². The van der Waals surface area contributed by atoms with E-state index in [-0.39, 0.29) is 11.9 Å². The number of nitrogens with zero attached hydrogens (tertiary/aromatic N) is 3. The van der Waals surface area contributed by atoms with Gasteiger partial charge in [-0.3, -0.25) is 9.78 Å². The lowest BCUT2D eigenvalue weighted by Crippen LogP contribution is -2.40. The standard InChI is InChI=1S/C26H29N3O/c1-28(2)18-19-7-8-23-17-24(14-13-22(23)16-19)29(3)26(30)21-11-9-20(10-12-21)25-6-4-5-15-27-25/h4-12,15-16,24H,13-14,17-18H2,1-3H3/t24-/m0/s1. The van der Waals surface area contributed by atoms with Crippen LogP contribution in [0.4, 0.5) is 0 Å². The highest BCUT2D eigenvalue weighted by Gasteiger charge is 2.26. The van der Waals surface area contributed by atoms with Gasteiger partial charge >= 0.3 is 0 Å². The molecule has 3 aromatic rings. The molecule has 0 N–H and O–H groups in total. The number of amides is 1. The van der Waals surface area contributed by atoms with Crippen LogP contribution in [-0.4, -0.2) is 47.9 Å². The Bertz CT molecular complexity index is 1010. The fourth-order valence-electron chi connectivity index (χ4n) is 4.27. The topological polar surface area (TPSA) is 36.4 Å². The van der Waals surface area contributed by atoms with Crippen molar-refractivity contribution in [1.82, 2.24) is 14.8 Å². The van der Waals surface area contributed by atoms with E-state index in [4.69, 9.17) is 0 Å². The van der Waals surface area contributed by atoms with Crippen molar-refractivity contribution in [1.29, 1.82) is 0 Å². The molecular weight excluding hydrogens is 370 g/mol. The summed E-state index contributed by atoms with van der Waals surface area (Å²) in [6.07, 6.45) is 4.74. The molecule has 2 aromatic carbocycles. The number of aryl methyl sites for hydroxylation is 1. The number of carbonyl (C=O) groups excluding carboxylic acids is 1. The largest absolute Gasteiger partial charge is 0.338 e. The second-order valence-corrected chi connectivity index (χ2v) is 8.45. The molecular formula is C26H29N3O. The van der Waals surface area contributed by atoms with Crippen molar-refractivity contribution in [3.05, 3.63) is 89.1 Å². The number of hydrogen-bond acceptors (Lipinski definition) is 3. The second-order valence-electron chi connectivity index (χ2n) is 8.45. The highest BCUT2D eigenvalue weighted by atomic mass is 16.2. The Morgan fingerprint density at radius 3 is 2.50 bits per heavy atom. The average molecular weight is 400 g/mol. The predicted molar refractivity (Wildman–Crippen MR) is 121 cm³/mol. The highest BCUT2D eigenvalue weighted by Crippen LogP contribution is 2.27. The van der Waals surface area contributed by atoms with Crippen LogP contribution in [0.25, 0.3) is 11.3 Å². The Kier molecular flexibility index (Phi) is 5.96. The van der Waals surface area contributed by atoms with Crippen molar-refractivity contribution in [2.75, 3.05) is 21.1 Å². The van der Waals surface area contributed by atoms with Gasteiger partial charge in [-0.15, -0.1) is 0 Å². The first-order chi connectivity index (χ1) is 14.5. The molecule has 1 heterocycles. The summed E-state index contributed by atoms with van der Waals surface area (Å²) in [6, 6.07) is 20.7. The van der Waals surface area contributed by atoms with Gasteiger partial charge in [0.25, 0.3) is 5.91 Å². The van der Waals surface area contributed by atoms with E-state index in [1.807, 2.05) is 54.4 Å². The zero-order valence-electron chi connectivity index (χ0n) is 18.0. The minimum atomic E-state index is 0.0836. The van der Waals surface area contributed by atoms with Crippen molar-refractivity contribution in [3.8, 4) is 11.3 Å². The molecule has 154 valence electrons. The third kappa shape index (κ3) is 4.44. The highest BCUT2D eigenvalue weighted by molar-refractivity contribution is 5.94. The fourth-order valence-corrected chi connectivity index (χ4v) is 4.27. The van der Waals surface area contributed by atoms with Crippen LogP contribution in [0, 0.1) is 0 Å². The lowest BCUT2D eigenvalue weighted by Gasteiger charge is -2.33. The van der Waals surface area contributed by atoms with Crippen LogP contribution in [0.2, 0.25) is 0 Å². The van der Waals surface area contributed by atoms with Crippen LogP contribution in [0.1, 0.15) is 33.5 Å². The van der Waals surface area contributed by atoms with Crippen molar-refractivity contribution < 1.29 is 4.79 Å². The van der Waals surface area contributed by atoms with Crippen LogP contribution < -0.4 is 0 Å². The maximum absolute atomic E-state index is 13.1. The molecule has 0 saturated carbocycles. The molecule has 1 aromatic heterocycles. The molecule has 0 spiro atoms. The molecule has 0 aliphatic heterocycles. The number of likely N-dealkylation sites (N-methyl/N-ethyl adjacent to an activating group) is 1. The number of hydrogen-bond donors (Lipinski definition) is 0. The minimum Gasteiger partial charge on any atom is -0.338 e. The van der Waals surface area contributed by atoms with Crippen molar-refractivity contribution in [2.45, 2.75) is 31.8 Å². The molecule has 1 aliphatic rings. The molecule has 0 radical (unpaired) electrons. The summed E-state index contributed by atoms with van der Waals surface area (Å²) in [5.74, 6) is 0.0836. The first kappa shape index (κ1) is 20.3. The summed E-state index contributed by atoms with van der Waals surface area (Å²) < 4.78 is 0. The first-order valence-electron chi connectivity index (χ1n) is 10.6. The van der Waals surface area contributed by atoms with Gasteiger partial charge in [-0.1, -0.05) is 36.4 Å². The fraction of sp³-hybridized carbons (Fsp3) is 0.308. The molecule has 1 amide bonds. The van der Waals surface area contributed by atoms with Gasteiger partial charge in [-0.2, -0.15) is 0 Å². The molecule has 0 bridgehead atoms. The second kappa shape index (κ2) is 8.80. The molecule has 0 unspecified atom stereocenters. The van der Waals surface area contributed by atoms with Gasteiger partial charge in [-0.25, -0.2) is 0 Å². The monoisotopic (exact) mass is 399 g/mol. The number of fused-ring (bicyclic) bond motifs is 1. The molecule has 1 atom stereocenters. The lowest BCUT2D eigenvalue weighted by atomic mass is 9.86. The SMILES string of the molecule is CN(C)Cc1ccc2c(c1)CC[C@H](N(C)C(=O)c1ccc(-c3ccccn3)cc1)C2. The summed E-state index contributed by atoms with van der Waals surface area (Å²) in [4.78, 5) is 21.6. The van der Waals surface area contributed by atoms with Crippen LogP contribution in [0.5, 0.6) is 0 Å². The summed E-state index contributed by atoms with van der Waals surface area (Å²) in [5, 5.41) is 0. The molecule has 0 fully saturated rings. The summed E-state index contributed by atoms with van der Waals surface area (Å²) in [5.41, 5.74) is 6.83. The minimum absolute atomic E-state index is 0.0836. The quantitative estimate of drug-likeness (QED) is 0.636. The lowest BCUT2D eigenvalue weighted by molar-refractivity contribution is 0.0719. The third-order valence-electron chi connectivity index (χ3n) is 5.93. The maximum atomic E-state index is 13.1. The zero-order chi connectivity index (χ0) is 21.1. The summed E-state index contributed by atoms with van der Waals surface area (Å²) in [6.45, 7) is 0.962. The molecule has 4 heteroatoms. The summed E-state index contributed by atoms with van der Waals surface area (Å²) >= 11 is 0. The average Bonchev–Trinajstić information content (AvgIpc) is 2.78. The molecule has 0 saturated heterocycles. The van der Waals surface area contributed by atoms with Crippen LogP contribution in [0.3, 0.4) is 0 Å². The number of carbonyl (C=O) groups is 1. The number of rotatable bonds is 5. The normalized spacial score (nSPS) is 15.7. The smallest absolute Gasteiger partial charge is 0.253 e. The Hall–Kier alpha value is -2.98. The summed E-state index contributed by atoms with van der Waals surface area (Å²) in [7, 11) is 6.13. The van der Waals surface area contributed by atoms with Gasteiger partial charge in [-0.05, 0) is 74.3 Å². The van der Waals surface area contributed by atoms with E-state index in [0.29, 0.717) is 0 Å². The zero-order valence-corrected chi connectivity index (χ0v) is 18.0. The number of pyridine rings is 1. The Balaban J connectivity index is 1.44. The van der Waals surface area contributed by atoms with Gasteiger partial charge in [0.15, 0.2) is 0 Å².